The minimum Gasteiger partial charge on any atom is -0.309 e. The summed E-state index contributed by atoms with van der Waals surface area (Å²) < 4.78 is 2.46. The van der Waals surface area contributed by atoms with E-state index in [1.54, 1.807) is 0 Å². The molecule has 0 N–H and O–H groups in total. The molecule has 1 aromatic heterocycles. The highest BCUT2D eigenvalue weighted by atomic mass is 15.0. The Kier molecular flexibility index (Phi) is 6.79. The molecule has 59 heavy (non-hydrogen) atoms. The van der Waals surface area contributed by atoms with E-state index in [0.717, 1.165) is 0 Å². The van der Waals surface area contributed by atoms with E-state index in [1.807, 2.05) is 0 Å². The zero-order valence-electron chi connectivity index (χ0n) is 32.2. The van der Waals surface area contributed by atoms with E-state index in [4.69, 9.17) is 0 Å². The van der Waals surface area contributed by atoms with E-state index in [-0.39, 0.29) is 0 Å². The molecule has 0 radical (unpaired) electrons. The van der Waals surface area contributed by atoms with Gasteiger partial charge in [-0.05, 0) is 152 Å². The van der Waals surface area contributed by atoms with Crippen molar-refractivity contribution in [1.29, 1.82) is 0 Å². The highest BCUT2D eigenvalue weighted by Gasteiger charge is 2.18. The summed E-state index contributed by atoms with van der Waals surface area (Å²) in [5.41, 5.74) is 8.54. The van der Waals surface area contributed by atoms with Gasteiger partial charge >= 0.3 is 0 Å². The van der Waals surface area contributed by atoms with Gasteiger partial charge in [-0.25, -0.2) is 0 Å². The van der Waals surface area contributed by atoms with Crippen LogP contribution >= 0.6 is 0 Å². The van der Waals surface area contributed by atoms with Crippen molar-refractivity contribution < 1.29 is 0 Å². The molecule has 0 aliphatic rings. The van der Waals surface area contributed by atoms with Crippen molar-refractivity contribution in [2.45, 2.75) is 0 Å². The predicted molar refractivity (Wildman–Crippen MR) is 254 cm³/mol. The van der Waals surface area contributed by atoms with Crippen LogP contribution in [-0.2, 0) is 0 Å². The Morgan fingerprint density at radius 3 is 1.14 bits per heavy atom. The summed E-state index contributed by atoms with van der Waals surface area (Å²) in [5.74, 6) is 0. The predicted octanol–water partition coefficient (Wildman–Crippen LogP) is 16.2. The third kappa shape index (κ3) is 4.79. The quantitative estimate of drug-likeness (QED) is 0.159. The molecule has 0 bridgehead atoms. The zero-order valence-corrected chi connectivity index (χ0v) is 32.2. The molecule has 0 amide bonds. The Morgan fingerprint density at radius 1 is 0.203 bits per heavy atom. The van der Waals surface area contributed by atoms with Crippen LogP contribution in [0, 0.1) is 0 Å². The summed E-state index contributed by atoms with van der Waals surface area (Å²) >= 11 is 0. The van der Waals surface area contributed by atoms with Crippen LogP contribution in [0.15, 0.2) is 212 Å². The first-order valence-electron chi connectivity index (χ1n) is 20.5. The molecule has 1 heteroatoms. The second-order valence-electron chi connectivity index (χ2n) is 16.0. The molecule has 272 valence electrons. The monoisotopic (exact) mass is 745 g/mol. The van der Waals surface area contributed by atoms with Crippen LogP contribution < -0.4 is 0 Å². The molecule has 12 aromatic carbocycles. The second-order valence-corrected chi connectivity index (χ2v) is 16.0. The fraction of sp³-hybridized carbons (Fsp3) is 0. The lowest BCUT2D eigenvalue weighted by Crippen LogP contribution is -1.93. The van der Waals surface area contributed by atoms with Crippen LogP contribution in [0.3, 0.4) is 0 Å². The average Bonchev–Trinajstić information content (AvgIpc) is 3.62. The highest BCUT2D eigenvalue weighted by Crippen LogP contribution is 2.44. The van der Waals surface area contributed by atoms with Gasteiger partial charge in [0.25, 0.3) is 0 Å². The Labute approximate surface area is 340 Å². The van der Waals surface area contributed by atoms with E-state index >= 15 is 0 Å². The lowest BCUT2D eigenvalue weighted by molar-refractivity contribution is 1.18. The molecule has 1 heterocycles. The summed E-state index contributed by atoms with van der Waals surface area (Å²) in [6, 6.07) is 78.9. The first kappa shape index (κ1) is 32.4. The number of rotatable bonds is 3. The van der Waals surface area contributed by atoms with E-state index in [9.17, 15) is 0 Å². The number of benzene rings is 12. The minimum absolute atomic E-state index is 1.17. The average molecular weight is 746 g/mol. The Morgan fingerprint density at radius 2 is 0.576 bits per heavy atom. The Bertz CT molecular complexity index is 3850. The van der Waals surface area contributed by atoms with Crippen molar-refractivity contribution >= 4 is 97.2 Å². The highest BCUT2D eigenvalue weighted by molar-refractivity contribution is 6.30. The maximum atomic E-state index is 2.46. The van der Waals surface area contributed by atoms with Crippen LogP contribution in [0.2, 0.25) is 0 Å². The normalized spacial score (nSPS) is 12.1. The topological polar surface area (TPSA) is 4.93 Å². The van der Waals surface area contributed by atoms with Crippen molar-refractivity contribution in [3.63, 3.8) is 0 Å². The van der Waals surface area contributed by atoms with Crippen molar-refractivity contribution in [3.8, 4) is 27.9 Å². The van der Waals surface area contributed by atoms with Crippen molar-refractivity contribution in [2.24, 2.45) is 0 Å². The van der Waals surface area contributed by atoms with Crippen LogP contribution in [0.25, 0.3) is 125 Å². The van der Waals surface area contributed by atoms with E-state index in [1.165, 1.54) is 125 Å². The molecule has 0 spiro atoms. The summed E-state index contributed by atoms with van der Waals surface area (Å²) in [7, 11) is 0. The van der Waals surface area contributed by atoms with Crippen LogP contribution in [0.5, 0.6) is 0 Å². The Hall–Kier alpha value is -7.74. The van der Waals surface area contributed by atoms with E-state index in [0.29, 0.717) is 0 Å². The fourth-order valence-corrected chi connectivity index (χ4v) is 10.1. The molecule has 13 aromatic rings. The molecule has 0 unspecified atom stereocenters. The van der Waals surface area contributed by atoms with Gasteiger partial charge in [-0.3, -0.25) is 0 Å². The third-order valence-corrected chi connectivity index (χ3v) is 12.9. The summed E-state index contributed by atoms with van der Waals surface area (Å²) in [6.07, 6.45) is 0. The molecule has 0 fully saturated rings. The lowest BCUT2D eigenvalue weighted by atomic mass is 9.89. The first-order chi connectivity index (χ1) is 29.2. The van der Waals surface area contributed by atoms with Crippen molar-refractivity contribution in [2.75, 3.05) is 0 Å². The number of nitrogens with zero attached hydrogens (tertiary/aromatic N) is 1. The molecule has 0 saturated heterocycles. The van der Waals surface area contributed by atoms with Gasteiger partial charge in [0.15, 0.2) is 0 Å². The fourth-order valence-electron chi connectivity index (χ4n) is 10.1. The van der Waals surface area contributed by atoms with Crippen LogP contribution in [-0.4, -0.2) is 4.57 Å². The minimum atomic E-state index is 1.17. The molecule has 0 aliphatic heterocycles. The molecular formula is C58H35N. The largest absolute Gasteiger partial charge is 0.309 e. The van der Waals surface area contributed by atoms with Crippen molar-refractivity contribution in [3.05, 3.63) is 212 Å². The lowest BCUT2D eigenvalue weighted by Gasteiger charge is -2.15. The molecule has 0 aliphatic carbocycles. The van der Waals surface area contributed by atoms with Gasteiger partial charge in [-0.1, -0.05) is 158 Å². The zero-order chi connectivity index (χ0) is 38.6. The number of hydrogen-bond donors (Lipinski definition) is 0. The van der Waals surface area contributed by atoms with Gasteiger partial charge in [0, 0.05) is 16.5 Å². The number of fused-ring (bicyclic) bond motifs is 16. The van der Waals surface area contributed by atoms with Gasteiger partial charge in [-0.2, -0.15) is 0 Å². The van der Waals surface area contributed by atoms with Gasteiger partial charge in [0.05, 0.1) is 11.0 Å². The molecule has 1 nitrogen and oxygen atoms in total. The number of aromatic nitrogens is 1. The maximum absolute atomic E-state index is 2.46. The standard InChI is InChI=1S/C58H35N/c1-3-13-36(14-4-1)39-23-26-47-48-27-24-40(30-51(48)44-20-10-9-19-43(44)50(47)29-39)41-25-28-49-52(31-41)45-21-11-12-22-46(45)53-34-56-55-32-37-15-7-8-16-38(37)33-57(55)59(58(56)35-54(49)53)42-17-5-2-6-18-42/h1-35H. The van der Waals surface area contributed by atoms with Crippen LogP contribution in [0.4, 0.5) is 0 Å². The Balaban J connectivity index is 1.05. The molecule has 0 saturated carbocycles. The SMILES string of the molecule is c1ccc(-c2ccc3c4ccc(-c5ccc6c(c5)c5ccccc5c5cc7c8cc9ccccc9cc8n(-c8ccccc8)c7cc65)cc4c4ccccc4c3c2)cc1. The summed E-state index contributed by atoms with van der Waals surface area (Å²) in [4.78, 5) is 0. The summed E-state index contributed by atoms with van der Waals surface area (Å²) in [6.45, 7) is 0. The maximum Gasteiger partial charge on any atom is 0.0547 e. The van der Waals surface area contributed by atoms with Crippen molar-refractivity contribution in [1.82, 2.24) is 4.57 Å². The summed E-state index contributed by atoms with van der Waals surface area (Å²) in [5, 5.41) is 20.4. The van der Waals surface area contributed by atoms with Gasteiger partial charge < -0.3 is 4.57 Å². The van der Waals surface area contributed by atoms with Gasteiger partial charge in [0.1, 0.15) is 0 Å². The second kappa shape index (κ2) is 12.4. The smallest absolute Gasteiger partial charge is 0.0547 e. The van der Waals surface area contributed by atoms with E-state index in [2.05, 4.69) is 217 Å². The molecular weight excluding hydrogens is 711 g/mol. The van der Waals surface area contributed by atoms with Gasteiger partial charge in [-0.15, -0.1) is 0 Å². The third-order valence-electron chi connectivity index (χ3n) is 12.9. The van der Waals surface area contributed by atoms with Gasteiger partial charge in [0.2, 0.25) is 0 Å². The molecule has 13 rings (SSSR count). The molecule has 0 atom stereocenters. The number of hydrogen-bond acceptors (Lipinski definition) is 0. The van der Waals surface area contributed by atoms with Crippen LogP contribution in [0.1, 0.15) is 0 Å². The van der Waals surface area contributed by atoms with E-state index < -0.39 is 0 Å². The number of para-hydroxylation sites is 1. The first-order valence-corrected chi connectivity index (χ1v) is 20.5.